The van der Waals surface area contributed by atoms with Crippen LogP contribution in [0.1, 0.15) is 12.0 Å². The third-order valence-corrected chi connectivity index (χ3v) is 5.11. The third-order valence-electron chi connectivity index (χ3n) is 4.87. The van der Waals surface area contributed by atoms with Crippen molar-refractivity contribution in [3.05, 3.63) is 40.9 Å². The maximum Gasteiger partial charge on any atom is 0.238 e. The number of imide groups is 1. The molecule has 4 atom stereocenters. The van der Waals surface area contributed by atoms with Crippen molar-refractivity contribution >= 4 is 29.1 Å². The number of aryl methyl sites for hydroxylation is 1. The summed E-state index contributed by atoms with van der Waals surface area (Å²) in [5, 5.41) is 0.618. The van der Waals surface area contributed by atoms with E-state index in [1.54, 1.807) is 18.2 Å². The second-order valence-electron chi connectivity index (χ2n) is 5.94. The number of nitrogens with zero attached hydrogens (tertiary/aromatic N) is 1. The monoisotopic (exact) mass is 287 g/mol. The highest BCUT2D eigenvalue weighted by Crippen LogP contribution is 2.53. The number of fused-ring (bicyclic) bond motifs is 5. The molecule has 2 fully saturated rings. The molecule has 1 saturated carbocycles. The fraction of sp³-hybridized carbons (Fsp3) is 0.375. The Morgan fingerprint density at radius 1 is 1.10 bits per heavy atom. The van der Waals surface area contributed by atoms with Crippen LogP contribution in [0, 0.1) is 30.6 Å². The van der Waals surface area contributed by atoms with Crippen molar-refractivity contribution in [2.24, 2.45) is 23.7 Å². The molecule has 4 heteroatoms. The number of hydrogen-bond acceptors (Lipinski definition) is 2. The molecule has 102 valence electrons. The fourth-order valence-corrected chi connectivity index (χ4v) is 4.24. The van der Waals surface area contributed by atoms with Crippen LogP contribution in [0.15, 0.2) is 30.4 Å². The standard InChI is InChI=1S/C16H14ClNO2/c1-8-6-11(17)4-5-12(8)18-15(19)13-9-2-3-10(7-9)14(13)16(18)20/h2-6,9-10,13-14H,7H2,1H3/t9-,10+,13-,14+. The largest absolute Gasteiger partial charge is 0.274 e. The summed E-state index contributed by atoms with van der Waals surface area (Å²) in [6.07, 6.45) is 5.17. The van der Waals surface area contributed by atoms with E-state index in [1.165, 1.54) is 4.90 Å². The lowest BCUT2D eigenvalue weighted by Gasteiger charge is -2.19. The number of amides is 2. The molecule has 0 radical (unpaired) electrons. The topological polar surface area (TPSA) is 37.4 Å². The summed E-state index contributed by atoms with van der Waals surface area (Å²) >= 11 is 5.95. The molecule has 0 spiro atoms. The van der Waals surface area contributed by atoms with E-state index in [4.69, 9.17) is 11.6 Å². The second-order valence-corrected chi connectivity index (χ2v) is 6.38. The molecule has 1 aromatic carbocycles. The van der Waals surface area contributed by atoms with Crippen molar-refractivity contribution in [1.29, 1.82) is 0 Å². The Kier molecular flexibility index (Phi) is 2.40. The van der Waals surface area contributed by atoms with E-state index in [0.717, 1.165) is 12.0 Å². The molecule has 20 heavy (non-hydrogen) atoms. The van der Waals surface area contributed by atoms with Crippen molar-refractivity contribution in [1.82, 2.24) is 0 Å². The van der Waals surface area contributed by atoms with Crippen LogP contribution >= 0.6 is 11.6 Å². The van der Waals surface area contributed by atoms with E-state index >= 15 is 0 Å². The molecule has 3 aliphatic rings. The molecule has 2 bridgehead atoms. The molecule has 1 aromatic rings. The van der Waals surface area contributed by atoms with Crippen molar-refractivity contribution in [2.45, 2.75) is 13.3 Å². The first-order chi connectivity index (χ1) is 9.58. The number of hydrogen-bond donors (Lipinski definition) is 0. The minimum Gasteiger partial charge on any atom is -0.274 e. The van der Waals surface area contributed by atoms with Gasteiger partial charge in [0.2, 0.25) is 11.8 Å². The van der Waals surface area contributed by atoms with Gasteiger partial charge >= 0.3 is 0 Å². The molecule has 1 saturated heterocycles. The maximum absolute atomic E-state index is 12.7. The molecule has 0 aromatic heterocycles. The Balaban J connectivity index is 1.78. The quantitative estimate of drug-likeness (QED) is 0.588. The summed E-state index contributed by atoms with van der Waals surface area (Å²) in [6.45, 7) is 1.88. The average molecular weight is 288 g/mol. The Morgan fingerprint density at radius 3 is 2.25 bits per heavy atom. The van der Waals surface area contributed by atoms with Gasteiger partial charge in [0.05, 0.1) is 17.5 Å². The Morgan fingerprint density at radius 2 is 1.70 bits per heavy atom. The van der Waals surface area contributed by atoms with Crippen molar-refractivity contribution in [3.63, 3.8) is 0 Å². The fourth-order valence-electron chi connectivity index (χ4n) is 4.01. The number of benzene rings is 1. The first-order valence-electron chi connectivity index (χ1n) is 6.90. The molecule has 0 N–H and O–H groups in total. The zero-order valence-corrected chi connectivity index (χ0v) is 11.8. The highest BCUT2D eigenvalue weighted by Gasteiger charge is 2.59. The van der Waals surface area contributed by atoms with Crippen LogP contribution in [0.2, 0.25) is 5.02 Å². The van der Waals surface area contributed by atoms with E-state index in [9.17, 15) is 9.59 Å². The highest BCUT2D eigenvalue weighted by atomic mass is 35.5. The van der Waals surface area contributed by atoms with Gasteiger partial charge in [0.15, 0.2) is 0 Å². The normalized spacial score (nSPS) is 34.2. The Labute approximate surface area is 122 Å². The zero-order chi connectivity index (χ0) is 14.0. The van der Waals surface area contributed by atoms with Crippen molar-refractivity contribution < 1.29 is 9.59 Å². The Hall–Kier alpha value is -1.61. The van der Waals surface area contributed by atoms with Crippen molar-refractivity contribution in [3.8, 4) is 0 Å². The number of halogens is 1. The van der Waals surface area contributed by atoms with E-state index < -0.39 is 0 Å². The summed E-state index contributed by atoms with van der Waals surface area (Å²) in [5.74, 6) is 0.128. The number of carbonyl (C=O) groups excluding carboxylic acids is 2. The van der Waals surface area contributed by atoms with Crippen molar-refractivity contribution in [2.75, 3.05) is 4.90 Å². The van der Waals surface area contributed by atoms with Crippen LogP contribution in [0.25, 0.3) is 0 Å². The van der Waals surface area contributed by atoms with Gasteiger partial charge in [-0.3, -0.25) is 9.59 Å². The smallest absolute Gasteiger partial charge is 0.238 e. The molecule has 2 amide bonds. The third kappa shape index (κ3) is 1.41. The van der Waals surface area contributed by atoms with Gasteiger partial charge in [0.1, 0.15) is 0 Å². The second kappa shape index (κ2) is 3.95. The van der Waals surface area contributed by atoms with Gasteiger partial charge in [-0.15, -0.1) is 0 Å². The van der Waals surface area contributed by atoms with Gasteiger partial charge in [-0.1, -0.05) is 23.8 Å². The van der Waals surface area contributed by atoms with E-state index in [2.05, 4.69) is 12.2 Å². The van der Waals surface area contributed by atoms with Gasteiger partial charge in [-0.25, -0.2) is 4.90 Å². The Bertz CT molecular complexity index is 636. The lowest BCUT2D eigenvalue weighted by atomic mass is 9.85. The first-order valence-corrected chi connectivity index (χ1v) is 7.28. The maximum atomic E-state index is 12.7. The van der Waals surface area contributed by atoms with Gasteiger partial charge < -0.3 is 0 Å². The predicted molar refractivity (Wildman–Crippen MR) is 76.4 cm³/mol. The summed E-state index contributed by atoms with van der Waals surface area (Å²) in [4.78, 5) is 26.7. The number of anilines is 1. The van der Waals surface area contributed by atoms with Crippen LogP contribution < -0.4 is 4.90 Å². The molecular weight excluding hydrogens is 274 g/mol. The van der Waals surface area contributed by atoms with Gasteiger partial charge in [-0.05, 0) is 48.9 Å². The molecule has 1 heterocycles. The summed E-state index contributed by atoms with van der Waals surface area (Å²) < 4.78 is 0. The molecule has 1 aliphatic heterocycles. The molecule has 2 aliphatic carbocycles. The summed E-state index contributed by atoms with van der Waals surface area (Å²) in [6, 6.07) is 5.29. The lowest BCUT2D eigenvalue weighted by Crippen LogP contribution is -2.33. The van der Waals surface area contributed by atoms with Gasteiger partial charge in [-0.2, -0.15) is 0 Å². The molecular formula is C16H14ClNO2. The predicted octanol–water partition coefficient (Wildman–Crippen LogP) is 2.96. The van der Waals surface area contributed by atoms with E-state index in [0.29, 0.717) is 10.7 Å². The van der Waals surface area contributed by atoms with Crippen LogP contribution in [0.5, 0.6) is 0 Å². The lowest BCUT2D eigenvalue weighted by molar-refractivity contribution is -0.123. The first kappa shape index (κ1) is 12.2. The van der Waals surface area contributed by atoms with Gasteiger partial charge in [0, 0.05) is 5.02 Å². The van der Waals surface area contributed by atoms with E-state index in [-0.39, 0.29) is 35.5 Å². The minimum atomic E-state index is -0.146. The molecule has 4 rings (SSSR count). The molecule has 3 nitrogen and oxygen atoms in total. The minimum absolute atomic E-state index is 0.0396. The summed E-state index contributed by atoms with van der Waals surface area (Å²) in [5.41, 5.74) is 1.54. The summed E-state index contributed by atoms with van der Waals surface area (Å²) in [7, 11) is 0. The SMILES string of the molecule is Cc1cc(Cl)ccc1N1C(=O)[C@@H]2[C@H](C1=O)[C@@H]1C=C[C@H]2C1. The van der Waals surface area contributed by atoms with E-state index in [1.807, 2.05) is 6.92 Å². The molecule has 0 unspecified atom stereocenters. The van der Waals surface area contributed by atoms with Gasteiger partial charge in [0.25, 0.3) is 0 Å². The average Bonchev–Trinajstić information content (AvgIpc) is 3.06. The number of rotatable bonds is 1. The number of allylic oxidation sites excluding steroid dienone is 2. The zero-order valence-electron chi connectivity index (χ0n) is 11.0. The van der Waals surface area contributed by atoms with Crippen LogP contribution in [0.3, 0.4) is 0 Å². The highest BCUT2D eigenvalue weighted by molar-refractivity contribution is 6.31. The number of carbonyl (C=O) groups is 2. The van der Waals surface area contributed by atoms with Crippen LogP contribution in [0.4, 0.5) is 5.69 Å². The van der Waals surface area contributed by atoms with Crippen LogP contribution in [-0.2, 0) is 9.59 Å². The van der Waals surface area contributed by atoms with Crippen LogP contribution in [-0.4, -0.2) is 11.8 Å².